The van der Waals surface area contributed by atoms with Crippen molar-refractivity contribution in [1.29, 1.82) is 0 Å². The Morgan fingerprint density at radius 3 is 2.63 bits per heavy atom. The molecule has 1 saturated heterocycles. The van der Waals surface area contributed by atoms with Crippen LogP contribution in [0.25, 0.3) is 0 Å². The minimum atomic E-state index is -0.141. The van der Waals surface area contributed by atoms with E-state index >= 15 is 0 Å². The van der Waals surface area contributed by atoms with Crippen molar-refractivity contribution in [2.45, 2.75) is 39.5 Å². The number of carbonyl (C=O) groups is 2. The fraction of sp³-hybridized carbons (Fsp3) is 0.619. The topological polar surface area (TPSA) is 78.7 Å². The Bertz CT molecular complexity index is 603. The first-order valence-corrected chi connectivity index (χ1v) is 10.2. The maximum Gasteiger partial charge on any atom is 0.253 e. The summed E-state index contributed by atoms with van der Waals surface area (Å²) in [6, 6.07) is 7.87. The molecule has 1 fully saturated rings. The number of benzene rings is 1. The van der Waals surface area contributed by atoms with Gasteiger partial charge in [0.1, 0.15) is 0 Å². The van der Waals surface area contributed by atoms with Crippen LogP contribution in [0.15, 0.2) is 24.3 Å². The normalized spacial score (nSPS) is 16.9. The number of carbonyl (C=O) groups excluding carboxylic acids is 2. The van der Waals surface area contributed by atoms with Gasteiger partial charge in [-0.1, -0.05) is 13.3 Å². The molecule has 2 rings (SSSR count). The summed E-state index contributed by atoms with van der Waals surface area (Å²) < 4.78 is 0. The second-order valence-corrected chi connectivity index (χ2v) is 7.15. The summed E-state index contributed by atoms with van der Waals surface area (Å²) in [7, 11) is 0. The highest BCUT2D eigenvalue weighted by molar-refractivity contribution is 5.95. The fourth-order valence-corrected chi connectivity index (χ4v) is 3.53. The molecule has 1 aliphatic rings. The van der Waals surface area contributed by atoms with Crippen LogP contribution in [0.2, 0.25) is 0 Å². The zero-order valence-corrected chi connectivity index (χ0v) is 16.7. The monoisotopic (exact) mass is 374 g/mol. The molecular formula is C21H34N4O2. The molecule has 2 amide bonds. The van der Waals surface area contributed by atoms with Gasteiger partial charge in [0.15, 0.2) is 0 Å². The average Bonchev–Trinajstić information content (AvgIpc) is 2.72. The summed E-state index contributed by atoms with van der Waals surface area (Å²) in [5, 5.41) is 2.84. The molecule has 0 aromatic heterocycles. The minimum absolute atomic E-state index is 0.00260. The Morgan fingerprint density at radius 1 is 1.26 bits per heavy atom. The van der Waals surface area contributed by atoms with Crippen LogP contribution in [0.5, 0.6) is 0 Å². The fourth-order valence-electron chi connectivity index (χ4n) is 3.53. The molecule has 0 spiro atoms. The Morgan fingerprint density at radius 2 is 2.00 bits per heavy atom. The van der Waals surface area contributed by atoms with Gasteiger partial charge in [0.05, 0.1) is 5.92 Å². The summed E-state index contributed by atoms with van der Waals surface area (Å²) in [5.74, 6) is -0.129. The molecule has 150 valence electrons. The number of likely N-dealkylation sites (tertiary alicyclic amines) is 1. The van der Waals surface area contributed by atoms with E-state index in [9.17, 15) is 9.59 Å². The van der Waals surface area contributed by atoms with Gasteiger partial charge >= 0.3 is 0 Å². The molecule has 1 aromatic rings. The number of piperidine rings is 1. The van der Waals surface area contributed by atoms with E-state index in [1.54, 1.807) is 4.90 Å². The van der Waals surface area contributed by atoms with Crippen LogP contribution in [0, 0.1) is 5.92 Å². The standard InChI is InChI=1S/C21H34N4O2/c1-3-5-14-24(4-2)19-10-8-17(9-11-19)21(27)25-15-6-7-18(16-25)20(26)23-13-12-22/h8-11,18H,3-7,12-16,22H2,1-2H3,(H,23,26). The first-order valence-electron chi connectivity index (χ1n) is 10.2. The molecule has 0 aliphatic carbocycles. The molecule has 0 bridgehead atoms. The summed E-state index contributed by atoms with van der Waals surface area (Å²) in [5.41, 5.74) is 7.29. The molecule has 1 atom stereocenters. The number of hydrogen-bond acceptors (Lipinski definition) is 4. The van der Waals surface area contributed by atoms with Crippen LogP contribution in [0.4, 0.5) is 5.69 Å². The van der Waals surface area contributed by atoms with Crippen LogP contribution < -0.4 is 16.0 Å². The SMILES string of the molecule is CCCCN(CC)c1ccc(C(=O)N2CCCC(C(=O)NCCN)C2)cc1. The van der Waals surface area contributed by atoms with E-state index in [0.717, 1.165) is 38.0 Å². The number of rotatable bonds is 9. The lowest BCUT2D eigenvalue weighted by molar-refractivity contribution is -0.126. The van der Waals surface area contributed by atoms with Crippen LogP contribution in [0.1, 0.15) is 49.9 Å². The first-order chi connectivity index (χ1) is 13.1. The van der Waals surface area contributed by atoms with Gasteiger partial charge in [-0.3, -0.25) is 9.59 Å². The van der Waals surface area contributed by atoms with Gasteiger partial charge in [-0.2, -0.15) is 0 Å². The number of hydrogen-bond donors (Lipinski definition) is 2. The zero-order valence-electron chi connectivity index (χ0n) is 16.7. The predicted octanol–water partition coefficient (Wildman–Crippen LogP) is 2.24. The Hall–Kier alpha value is -2.08. The van der Waals surface area contributed by atoms with E-state index in [4.69, 9.17) is 5.73 Å². The lowest BCUT2D eigenvalue weighted by Crippen LogP contribution is -2.46. The highest BCUT2D eigenvalue weighted by Crippen LogP contribution is 2.21. The molecule has 1 heterocycles. The molecule has 27 heavy (non-hydrogen) atoms. The van der Waals surface area contributed by atoms with Gasteiger partial charge in [-0.15, -0.1) is 0 Å². The maximum absolute atomic E-state index is 12.9. The highest BCUT2D eigenvalue weighted by atomic mass is 16.2. The van der Waals surface area contributed by atoms with Gasteiger partial charge in [-0.05, 0) is 50.5 Å². The number of nitrogens with one attached hydrogen (secondary N) is 1. The summed E-state index contributed by atoms with van der Waals surface area (Å²) in [6.07, 6.45) is 4.01. The van der Waals surface area contributed by atoms with Crippen molar-refractivity contribution < 1.29 is 9.59 Å². The molecule has 1 aromatic carbocycles. The van der Waals surface area contributed by atoms with Crippen molar-refractivity contribution in [1.82, 2.24) is 10.2 Å². The van der Waals surface area contributed by atoms with Crippen molar-refractivity contribution >= 4 is 17.5 Å². The molecule has 6 heteroatoms. The van der Waals surface area contributed by atoms with Crippen LogP contribution >= 0.6 is 0 Å². The quantitative estimate of drug-likeness (QED) is 0.695. The van der Waals surface area contributed by atoms with Gasteiger partial charge in [0.2, 0.25) is 5.91 Å². The third-order valence-electron chi connectivity index (χ3n) is 5.17. The molecular weight excluding hydrogens is 340 g/mol. The van der Waals surface area contributed by atoms with Gasteiger partial charge in [0.25, 0.3) is 5.91 Å². The highest BCUT2D eigenvalue weighted by Gasteiger charge is 2.28. The molecule has 1 aliphatic heterocycles. The second-order valence-electron chi connectivity index (χ2n) is 7.15. The number of nitrogens with zero attached hydrogens (tertiary/aromatic N) is 2. The number of unbranched alkanes of at least 4 members (excludes halogenated alkanes) is 1. The van der Waals surface area contributed by atoms with Gasteiger partial charge in [0, 0.05) is 50.5 Å². The minimum Gasteiger partial charge on any atom is -0.372 e. The largest absolute Gasteiger partial charge is 0.372 e. The van der Waals surface area contributed by atoms with E-state index in [2.05, 4.69) is 24.1 Å². The molecule has 1 unspecified atom stereocenters. The second kappa shape index (κ2) is 10.9. The maximum atomic E-state index is 12.9. The van der Waals surface area contributed by atoms with Crippen molar-refractivity contribution in [2.75, 3.05) is 44.2 Å². The third-order valence-corrected chi connectivity index (χ3v) is 5.17. The number of nitrogens with two attached hydrogens (primary N) is 1. The lowest BCUT2D eigenvalue weighted by atomic mass is 9.96. The number of anilines is 1. The third kappa shape index (κ3) is 5.96. The van der Waals surface area contributed by atoms with Crippen molar-refractivity contribution in [3.05, 3.63) is 29.8 Å². The van der Waals surface area contributed by atoms with Crippen molar-refractivity contribution in [3.63, 3.8) is 0 Å². The molecule has 0 saturated carbocycles. The smallest absolute Gasteiger partial charge is 0.253 e. The number of amides is 2. The Balaban J connectivity index is 1.99. The predicted molar refractivity (Wildman–Crippen MR) is 110 cm³/mol. The van der Waals surface area contributed by atoms with Crippen molar-refractivity contribution in [3.8, 4) is 0 Å². The molecule has 6 nitrogen and oxygen atoms in total. The first kappa shape index (κ1) is 21.2. The van der Waals surface area contributed by atoms with Crippen LogP contribution in [0.3, 0.4) is 0 Å². The zero-order chi connectivity index (χ0) is 19.6. The average molecular weight is 375 g/mol. The Kier molecular flexibility index (Phi) is 8.58. The summed E-state index contributed by atoms with van der Waals surface area (Å²) in [4.78, 5) is 29.2. The van der Waals surface area contributed by atoms with E-state index in [0.29, 0.717) is 31.7 Å². The Labute approximate surface area is 163 Å². The molecule has 0 radical (unpaired) electrons. The van der Waals surface area contributed by atoms with E-state index in [1.165, 1.54) is 6.42 Å². The van der Waals surface area contributed by atoms with Crippen molar-refractivity contribution in [2.24, 2.45) is 11.7 Å². The van der Waals surface area contributed by atoms with Crippen LogP contribution in [-0.4, -0.2) is 56.0 Å². The summed E-state index contributed by atoms with van der Waals surface area (Å²) >= 11 is 0. The lowest BCUT2D eigenvalue weighted by Gasteiger charge is -2.32. The van der Waals surface area contributed by atoms with E-state index in [-0.39, 0.29) is 17.7 Å². The van der Waals surface area contributed by atoms with E-state index in [1.807, 2.05) is 24.3 Å². The van der Waals surface area contributed by atoms with Gasteiger partial charge < -0.3 is 20.9 Å². The van der Waals surface area contributed by atoms with Crippen LogP contribution in [-0.2, 0) is 4.79 Å². The molecule has 3 N–H and O–H groups in total. The van der Waals surface area contributed by atoms with Gasteiger partial charge in [-0.25, -0.2) is 0 Å². The van der Waals surface area contributed by atoms with E-state index < -0.39 is 0 Å². The summed E-state index contributed by atoms with van der Waals surface area (Å²) in [6.45, 7) is 8.44.